The van der Waals surface area contributed by atoms with E-state index in [1.54, 1.807) is 0 Å². The molecule has 2 heterocycles. The fraction of sp³-hybridized carbons (Fsp3) is 0.400. The highest BCUT2D eigenvalue weighted by atomic mass is 16.1. The van der Waals surface area contributed by atoms with Crippen LogP contribution in [0, 0.1) is 0 Å². The normalized spacial score (nSPS) is 18.5. The zero-order chi connectivity index (χ0) is 13.6. The van der Waals surface area contributed by atoms with E-state index in [4.69, 9.17) is 0 Å². The highest BCUT2D eigenvalue weighted by Crippen LogP contribution is 2.23. The van der Waals surface area contributed by atoms with Gasteiger partial charge in [-0.2, -0.15) is 0 Å². The predicted octanol–water partition coefficient (Wildman–Crippen LogP) is 2.46. The second-order valence-electron chi connectivity index (χ2n) is 5.58. The van der Waals surface area contributed by atoms with Crippen molar-refractivity contribution in [3.05, 3.63) is 46.0 Å². The average molecular weight is 257 g/mol. The number of rotatable bonds is 1. The van der Waals surface area contributed by atoms with Gasteiger partial charge in [0.1, 0.15) is 0 Å². The van der Waals surface area contributed by atoms with Crippen LogP contribution in [0.3, 0.4) is 0 Å². The Hall–Kier alpha value is -1.97. The smallest absolute Gasteiger partial charge is 0.326 e. The van der Waals surface area contributed by atoms with E-state index in [-0.39, 0.29) is 5.69 Å². The number of hydrogen-bond acceptors (Lipinski definition) is 2. The van der Waals surface area contributed by atoms with Gasteiger partial charge >= 0.3 is 5.69 Å². The standard InChI is InChI=1S/C15H19N3O/c1-10(2)7-17-9-12-5-4-6-13-14(12)18(8-11(17)3)15(19)16-13/h4-7,11H,8-9H2,1-3H3,(H,16,19)/t11-/m0/s1. The van der Waals surface area contributed by atoms with Crippen molar-refractivity contribution in [3.8, 4) is 0 Å². The molecule has 4 heteroatoms. The van der Waals surface area contributed by atoms with Crippen molar-refractivity contribution in [3.63, 3.8) is 0 Å². The van der Waals surface area contributed by atoms with E-state index in [1.165, 1.54) is 11.1 Å². The summed E-state index contributed by atoms with van der Waals surface area (Å²) < 4.78 is 1.87. The Bertz CT molecular complexity index is 704. The molecule has 2 aromatic rings. The maximum atomic E-state index is 12.1. The Labute approximate surface area is 112 Å². The number of aromatic amines is 1. The monoisotopic (exact) mass is 257 g/mol. The molecule has 1 aliphatic heterocycles. The third-order valence-corrected chi connectivity index (χ3v) is 3.67. The van der Waals surface area contributed by atoms with Gasteiger partial charge in [0.25, 0.3) is 0 Å². The van der Waals surface area contributed by atoms with Crippen LogP contribution >= 0.6 is 0 Å². The Morgan fingerprint density at radius 2 is 2.21 bits per heavy atom. The minimum Gasteiger partial charge on any atom is -0.369 e. The summed E-state index contributed by atoms with van der Waals surface area (Å²) in [5.74, 6) is 0. The number of nitrogens with one attached hydrogen (secondary N) is 1. The summed E-state index contributed by atoms with van der Waals surface area (Å²) in [6.45, 7) is 7.94. The number of imidazole rings is 1. The molecule has 0 aliphatic carbocycles. The predicted molar refractivity (Wildman–Crippen MR) is 77.0 cm³/mol. The molecular weight excluding hydrogens is 238 g/mol. The molecule has 0 saturated carbocycles. The molecule has 0 fully saturated rings. The molecule has 0 amide bonds. The summed E-state index contributed by atoms with van der Waals surface area (Å²) in [7, 11) is 0. The number of allylic oxidation sites excluding steroid dienone is 1. The molecule has 1 atom stereocenters. The molecule has 1 aromatic carbocycles. The van der Waals surface area contributed by atoms with Gasteiger partial charge in [-0.1, -0.05) is 17.7 Å². The number of benzene rings is 1. The molecule has 0 spiro atoms. The van der Waals surface area contributed by atoms with Crippen molar-refractivity contribution in [2.75, 3.05) is 0 Å². The molecule has 3 rings (SSSR count). The highest BCUT2D eigenvalue weighted by molar-refractivity contribution is 5.79. The van der Waals surface area contributed by atoms with Crippen molar-refractivity contribution in [2.45, 2.75) is 39.9 Å². The first kappa shape index (κ1) is 12.1. The molecule has 1 aliphatic rings. The Morgan fingerprint density at radius 1 is 1.42 bits per heavy atom. The maximum absolute atomic E-state index is 12.1. The Morgan fingerprint density at radius 3 is 2.95 bits per heavy atom. The molecule has 4 nitrogen and oxygen atoms in total. The second-order valence-corrected chi connectivity index (χ2v) is 5.58. The zero-order valence-electron chi connectivity index (χ0n) is 11.6. The lowest BCUT2D eigenvalue weighted by Gasteiger charge is -2.26. The largest absolute Gasteiger partial charge is 0.369 e. The van der Waals surface area contributed by atoms with Crippen LogP contribution in [0.1, 0.15) is 26.3 Å². The Kier molecular flexibility index (Phi) is 2.73. The average Bonchev–Trinajstić information content (AvgIpc) is 2.57. The summed E-state index contributed by atoms with van der Waals surface area (Å²) in [5, 5.41) is 0. The lowest BCUT2D eigenvalue weighted by atomic mass is 10.1. The lowest BCUT2D eigenvalue weighted by molar-refractivity contribution is 0.266. The van der Waals surface area contributed by atoms with Crippen LogP contribution in [0.2, 0.25) is 0 Å². The van der Waals surface area contributed by atoms with Crippen LogP contribution in [-0.4, -0.2) is 20.5 Å². The van der Waals surface area contributed by atoms with Crippen LogP contribution in [-0.2, 0) is 13.1 Å². The van der Waals surface area contributed by atoms with Gasteiger partial charge in [-0.15, -0.1) is 0 Å². The summed E-state index contributed by atoms with van der Waals surface area (Å²) in [6, 6.07) is 6.39. The minimum atomic E-state index is -0.00616. The molecule has 0 unspecified atom stereocenters. The molecule has 0 saturated heterocycles. The van der Waals surface area contributed by atoms with Crippen molar-refractivity contribution >= 4 is 11.0 Å². The van der Waals surface area contributed by atoms with Gasteiger partial charge in [0.15, 0.2) is 0 Å². The number of aromatic nitrogens is 2. The van der Waals surface area contributed by atoms with E-state index in [2.05, 4.69) is 42.9 Å². The number of hydrogen-bond donors (Lipinski definition) is 1. The van der Waals surface area contributed by atoms with Gasteiger partial charge in [0, 0.05) is 19.1 Å². The van der Waals surface area contributed by atoms with E-state index < -0.39 is 0 Å². The molecule has 19 heavy (non-hydrogen) atoms. The fourth-order valence-electron chi connectivity index (χ4n) is 2.82. The van der Waals surface area contributed by atoms with Gasteiger partial charge in [0.05, 0.1) is 11.0 Å². The van der Waals surface area contributed by atoms with E-state index in [0.29, 0.717) is 6.04 Å². The first-order chi connectivity index (χ1) is 9.06. The third kappa shape index (κ3) is 1.97. The van der Waals surface area contributed by atoms with E-state index in [1.807, 2.05) is 16.7 Å². The number of H-pyrrole nitrogens is 1. The molecule has 0 bridgehead atoms. The Balaban J connectivity index is 2.19. The topological polar surface area (TPSA) is 41.0 Å². The fourth-order valence-corrected chi connectivity index (χ4v) is 2.82. The molecule has 1 aromatic heterocycles. The van der Waals surface area contributed by atoms with Crippen molar-refractivity contribution in [1.29, 1.82) is 0 Å². The van der Waals surface area contributed by atoms with Crippen molar-refractivity contribution < 1.29 is 0 Å². The number of para-hydroxylation sites is 1. The first-order valence-corrected chi connectivity index (χ1v) is 6.67. The second kappa shape index (κ2) is 4.30. The molecular formula is C15H19N3O. The molecule has 100 valence electrons. The van der Waals surface area contributed by atoms with Crippen LogP contribution in [0.25, 0.3) is 11.0 Å². The quantitative estimate of drug-likeness (QED) is 0.852. The summed E-state index contributed by atoms with van der Waals surface area (Å²) in [5.41, 5.74) is 4.48. The van der Waals surface area contributed by atoms with Crippen LogP contribution in [0.15, 0.2) is 34.8 Å². The van der Waals surface area contributed by atoms with Crippen LogP contribution < -0.4 is 5.69 Å². The van der Waals surface area contributed by atoms with Gasteiger partial charge in [0.2, 0.25) is 0 Å². The lowest BCUT2D eigenvalue weighted by Crippen LogP contribution is -2.32. The van der Waals surface area contributed by atoms with Crippen molar-refractivity contribution in [1.82, 2.24) is 14.5 Å². The van der Waals surface area contributed by atoms with Crippen LogP contribution in [0.5, 0.6) is 0 Å². The van der Waals surface area contributed by atoms with Crippen LogP contribution in [0.4, 0.5) is 0 Å². The van der Waals surface area contributed by atoms with Gasteiger partial charge in [-0.3, -0.25) is 4.57 Å². The third-order valence-electron chi connectivity index (χ3n) is 3.67. The SMILES string of the molecule is CC(C)=CN1Cc2cccc3[nH]c(=O)n(c23)C[C@@H]1C. The van der Waals surface area contributed by atoms with E-state index in [9.17, 15) is 4.79 Å². The van der Waals surface area contributed by atoms with E-state index in [0.717, 1.165) is 24.1 Å². The van der Waals surface area contributed by atoms with Gasteiger partial charge in [-0.25, -0.2) is 4.79 Å². The summed E-state index contributed by atoms with van der Waals surface area (Å²) >= 11 is 0. The summed E-state index contributed by atoms with van der Waals surface area (Å²) in [6.07, 6.45) is 2.18. The van der Waals surface area contributed by atoms with E-state index >= 15 is 0 Å². The van der Waals surface area contributed by atoms with Gasteiger partial charge < -0.3 is 9.88 Å². The number of nitrogens with zero attached hydrogens (tertiary/aromatic N) is 2. The van der Waals surface area contributed by atoms with Crippen molar-refractivity contribution in [2.24, 2.45) is 0 Å². The maximum Gasteiger partial charge on any atom is 0.326 e. The molecule has 1 N–H and O–H groups in total. The minimum absolute atomic E-state index is 0.00616. The summed E-state index contributed by atoms with van der Waals surface area (Å²) in [4.78, 5) is 17.3. The highest BCUT2D eigenvalue weighted by Gasteiger charge is 2.21. The van der Waals surface area contributed by atoms with Gasteiger partial charge in [-0.05, 0) is 38.6 Å². The molecule has 0 radical (unpaired) electrons. The zero-order valence-corrected chi connectivity index (χ0v) is 11.6. The first-order valence-electron chi connectivity index (χ1n) is 6.67.